The molecule has 0 aliphatic carbocycles. The fourth-order valence-electron chi connectivity index (χ4n) is 3.40. The lowest BCUT2D eigenvalue weighted by atomic mass is 10.1. The van der Waals surface area contributed by atoms with Crippen LogP contribution in [0.15, 0.2) is 65.5 Å². The van der Waals surface area contributed by atoms with Crippen molar-refractivity contribution >= 4 is 23.2 Å². The van der Waals surface area contributed by atoms with E-state index in [1.807, 2.05) is 6.07 Å². The molecule has 1 saturated heterocycles. The molecule has 2 heterocycles. The number of benzene rings is 2. The number of rotatable bonds is 5. The molecule has 1 unspecified atom stereocenters. The third-order valence-corrected chi connectivity index (χ3v) is 4.98. The number of methoxy groups -OCH3 is 1. The van der Waals surface area contributed by atoms with E-state index in [9.17, 15) is 14.4 Å². The molecular formula is C22H20N4O4. The van der Waals surface area contributed by atoms with Crippen molar-refractivity contribution in [3.05, 3.63) is 71.0 Å². The van der Waals surface area contributed by atoms with Crippen LogP contribution in [0.25, 0.3) is 11.3 Å². The quantitative estimate of drug-likeness (QED) is 0.680. The Labute approximate surface area is 172 Å². The zero-order valence-electron chi connectivity index (χ0n) is 16.3. The minimum Gasteiger partial charge on any atom is -0.497 e. The molecule has 2 N–H and O–H groups in total. The molecule has 3 aromatic rings. The molecule has 4 rings (SSSR count). The molecule has 8 nitrogen and oxygen atoms in total. The molecule has 0 saturated carbocycles. The van der Waals surface area contributed by atoms with Gasteiger partial charge in [0.05, 0.1) is 18.7 Å². The Kier molecular flexibility index (Phi) is 5.30. The number of nitrogens with zero attached hydrogens (tertiary/aromatic N) is 2. The van der Waals surface area contributed by atoms with E-state index in [1.54, 1.807) is 60.5 Å². The largest absolute Gasteiger partial charge is 0.497 e. The van der Waals surface area contributed by atoms with Gasteiger partial charge in [-0.1, -0.05) is 12.1 Å². The van der Waals surface area contributed by atoms with Gasteiger partial charge in [-0.2, -0.15) is 5.10 Å². The maximum Gasteiger partial charge on any atom is 0.264 e. The summed E-state index contributed by atoms with van der Waals surface area (Å²) in [6.07, 6.45) is 0.152. The zero-order chi connectivity index (χ0) is 21.1. The number of amides is 2. The second-order valence-corrected chi connectivity index (χ2v) is 6.98. The van der Waals surface area contributed by atoms with Crippen molar-refractivity contribution in [1.29, 1.82) is 0 Å². The number of hydrogen-bond acceptors (Lipinski definition) is 5. The Balaban J connectivity index is 1.45. The van der Waals surface area contributed by atoms with Crippen LogP contribution in [0.3, 0.4) is 0 Å². The minimum absolute atomic E-state index is 0.0912. The number of carbonyl (C=O) groups excluding carboxylic acids is 2. The van der Waals surface area contributed by atoms with Gasteiger partial charge in [-0.3, -0.25) is 14.4 Å². The van der Waals surface area contributed by atoms with Gasteiger partial charge in [0.15, 0.2) is 0 Å². The highest BCUT2D eigenvalue weighted by Crippen LogP contribution is 2.28. The first-order valence-corrected chi connectivity index (χ1v) is 9.45. The molecule has 0 radical (unpaired) electrons. The summed E-state index contributed by atoms with van der Waals surface area (Å²) in [6, 6.07) is 17.4. The van der Waals surface area contributed by atoms with Crippen LogP contribution in [-0.4, -0.2) is 35.7 Å². The topological polar surface area (TPSA) is 104 Å². The van der Waals surface area contributed by atoms with E-state index in [0.717, 1.165) is 11.3 Å². The van der Waals surface area contributed by atoms with E-state index in [1.165, 1.54) is 6.07 Å². The fourth-order valence-corrected chi connectivity index (χ4v) is 3.40. The summed E-state index contributed by atoms with van der Waals surface area (Å²) >= 11 is 0. The summed E-state index contributed by atoms with van der Waals surface area (Å²) in [6.45, 7) is 0.318. The maximum absolute atomic E-state index is 12.8. The van der Waals surface area contributed by atoms with Gasteiger partial charge >= 0.3 is 0 Å². The fraction of sp³-hybridized carbons (Fsp3) is 0.182. The van der Waals surface area contributed by atoms with Gasteiger partial charge < -0.3 is 15.0 Å². The average Bonchev–Trinajstić information content (AvgIpc) is 3.16. The molecule has 30 heavy (non-hydrogen) atoms. The van der Waals surface area contributed by atoms with E-state index in [0.29, 0.717) is 23.7 Å². The SMILES string of the molecule is COc1ccc(N2CC(C(=O)Nc3cccc(-c4ccc(=O)[nH]n4)c3)CC2=O)cc1. The number of anilines is 2. The van der Waals surface area contributed by atoms with Crippen LogP contribution >= 0.6 is 0 Å². The van der Waals surface area contributed by atoms with Crippen molar-refractivity contribution in [2.45, 2.75) is 6.42 Å². The van der Waals surface area contributed by atoms with Crippen LogP contribution < -0.4 is 20.5 Å². The summed E-state index contributed by atoms with van der Waals surface area (Å²) < 4.78 is 5.14. The Morgan fingerprint density at radius 1 is 1.13 bits per heavy atom. The third kappa shape index (κ3) is 4.07. The van der Waals surface area contributed by atoms with Crippen molar-refractivity contribution in [2.24, 2.45) is 5.92 Å². The number of nitrogens with one attached hydrogen (secondary N) is 2. The van der Waals surface area contributed by atoms with Gasteiger partial charge in [0.2, 0.25) is 11.8 Å². The van der Waals surface area contributed by atoms with E-state index in [4.69, 9.17) is 4.74 Å². The van der Waals surface area contributed by atoms with E-state index in [-0.39, 0.29) is 23.8 Å². The summed E-state index contributed by atoms with van der Waals surface area (Å²) in [5.74, 6) is -0.0524. The summed E-state index contributed by atoms with van der Waals surface area (Å²) in [5, 5.41) is 9.27. The predicted molar refractivity (Wildman–Crippen MR) is 112 cm³/mol. The first-order chi connectivity index (χ1) is 14.5. The molecule has 1 atom stereocenters. The second kappa shape index (κ2) is 8.20. The van der Waals surface area contributed by atoms with Crippen molar-refractivity contribution in [1.82, 2.24) is 10.2 Å². The smallest absolute Gasteiger partial charge is 0.264 e. The van der Waals surface area contributed by atoms with Gasteiger partial charge in [0.1, 0.15) is 5.75 Å². The number of H-pyrrole nitrogens is 1. The number of ether oxygens (including phenoxy) is 1. The van der Waals surface area contributed by atoms with E-state index >= 15 is 0 Å². The monoisotopic (exact) mass is 404 g/mol. The Bertz CT molecular complexity index is 1120. The van der Waals surface area contributed by atoms with Gasteiger partial charge in [-0.05, 0) is 42.5 Å². The third-order valence-electron chi connectivity index (χ3n) is 4.98. The normalized spacial score (nSPS) is 15.8. The number of hydrogen-bond donors (Lipinski definition) is 2. The molecule has 2 aromatic carbocycles. The highest BCUT2D eigenvalue weighted by Gasteiger charge is 2.35. The van der Waals surface area contributed by atoms with Crippen LogP contribution in [0.2, 0.25) is 0 Å². The lowest BCUT2D eigenvalue weighted by Crippen LogP contribution is -2.28. The average molecular weight is 404 g/mol. The van der Waals surface area contributed by atoms with Crippen molar-refractivity contribution in [2.75, 3.05) is 23.9 Å². The standard InChI is InChI=1S/C22H20N4O4/c1-30-18-7-5-17(6-8-18)26-13-15(12-21(26)28)22(29)23-16-4-2-3-14(11-16)19-9-10-20(27)25-24-19/h2-11,15H,12-13H2,1H3,(H,23,29)(H,25,27). The van der Waals surface area contributed by atoms with E-state index < -0.39 is 5.92 Å². The molecule has 152 valence electrons. The molecule has 1 aliphatic rings. The molecule has 0 bridgehead atoms. The molecule has 2 amide bonds. The summed E-state index contributed by atoms with van der Waals surface area (Å²) in [4.78, 5) is 38.0. The Morgan fingerprint density at radius 3 is 2.63 bits per heavy atom. The van der Waals surface area contributed by atoms with Crippen LogP contribution in [-0.2, 0) is 9.59 Å². The molecule has 0 spiro atoms. The lowest BCUT2D eigenvalue weighted by molar-refractivity contribution is -0.122. The Hall–Kier alpha value is -3.94. The summed E-state index contributed by atoms with van der Waals surface area (Å²) in [5.41, 5.74) is 2.40. The highest BCUT2D eigenvalue weighted by molar-refractivity contribution is 6.03. The molecule has 1 fully saturated rings. The minimum atomic E-state index is -0.450. The van der Waals surface area contributed by atoms with Crippen LogP contribution in [0, 0.1) is 5.92 Å². The Morgan fingerprint density at radius 2 is 1.93 bits per heavy atom. The van der Waals surface area contributed by atoms with Gasteiger partial charge in [-0.15, -0.1) is 0 Å². The van der Waals surface area contributed by atoms with Crippen molar-refractivity contribution in [3.8, 4) is 17.0 Å². The number of aromatic amines is 1. The molecule has 8 heteroatoms. The van der Waals surface area contributed by atoms with Crippen molar-refractivity contribution < 1.29 is 14.3 Å². The van der Waals surface area contributed by atoms with Gasteiger partial charge in [0, 0.05) is 36.0 Å². The maximum atomic E-state index is 12.8. The molecule has 1 aliphatic heterocycles. The lowest BCUT2D eigenvalue weighted by Gasteiger charge is -2.17. The summed E-state index contributed by atoms with van der Waals surface area (Å²) in [7, 11) is 1.58. The van der Waals surface area contributed by atoms with Crippen LogP contribution in [0.1, 0.15) is 6.42 Å². The molecule has 1 aromatic heterocycles. The highest BCUT2D eigenvalue weighted by atomic mass is 16.5. The zero-order valence-corrected chi connectivity index (χ0v) is 16.3. The van der Waals surface area contributed by atoms with Crippen LogP contribution in [0.5, 0.6) is 5.75 Å². The van der Waals surface area contributed by atoms with Crippen molar-refractivity contribution in [3.63, 3.8) is 0 Å². The van der Waals surface area contributed by atoms with Gasteiger partial charge in [-0.25, -0.2) is 5.10 Å². The number of carbonyl (C=O) groups is 2. The number of aromatic nitrogens is 2. The van der Waals surface area contributed by atoms with Crippen LogP contribution in [0.4, 0.5) is 11.4 Å². The second-order valence-electron chi connectivity index (χ2n) is 6.98. The van der Waals surface area contributed by atoms with Gasteiger partial charge in [0.25, 0.3) is 5.56 Å². The predicted octanol–water partition coefficient (Wildman–Crippen LogP) is 2.44. The first kappa shape index (κ1) is 19.4. The molecular weight excluding hydrogens is 384 g/mol. The first-order valence-electron chi connectivity index (χ1n) is 9.45. The van der Waals surface area contributed by atoms with E-state index in [2.05, 4.69) is 15.5 Å².